The van der Waals surface area contributed by atoms with Gasteiger partial charge >= 0.3 is 0 Å². The van der Waals surface area contributed by atoms with E-state index >= 15 is 0 Å². The molecule has 0 unspecified atom stereocenters. The van der Waals surface area contributed by atoms with Crippen molar-refractivity contribution in [3.05, 3.63) is 48.3 Å². The summed E-state index contributed by atoms with van der Waals surface area (Å²) in [6.45, 7) is 0. The van der Waals surface area contributed by atoms with Crippen LogP contribution in [0.5, 0.6) is 5.75 Å². The van der Waals surface area contributed by atoms with E-state index in [0.717, 1.165) is 12.1 Å². The van der Waals surface area contributed by atoms with Gasteiger partial charge in [0.05, 0.1) is 12.8 Å². The fourth-order valence-electron chi connectivity index (χ4n) is 1.63. The molecule has 0 aliphatic heterocycles. The summed E-state index contributed by atoms with van der Waals surface area (Å²) in [7, 11) is -2.38. The van der Waals surface area contributed by atoms with Gasteiger partial charge in [-0.25, -0.2) is 12.8 Å². The highest BCUT2D eigenvalue weighted by atomic mass is 32.2. The number of nitrogen functional groups attached to an aromatic ring is 1. The number of hydrogen-bond donors (Lipinski definition) is 2. The number of rotatable bonds is 4. The zero-order valence-corrected chi connectivity index (χ0v) is 11.4. The Kier molecular flexibility index (Phi) is 3.80. The number of nitrogens with two attached hydrogens (primary N) is 1. The van der Waals surface area contributed by atoms with Crippen molar-refractivity contribution in [3.63, 3.8) is 0 Å². The summed E-state index contributed by atoms with van der Waals surface area (Å²) in [5.74, 6) is 0.0140. The second-order valence-electron chi connectivity index (χ2n) is 4.02. The Bertz CT molecular complexity index is 715. The van der Waals surface area contributed by atoms with Gasteiger partial charge in [-0.05, 0) is 36.4 Å². The number of ether oxygens (including phenoxy) is 1. The van der Waals surface area contributed by atoms with Gasteiger partial charge in [0.2, 0.25) is 0 Å². The van der Waals surface area contributed by atoms with E-state index in [9.17, 15) is 12.8 Å². The molecule has 0 heterocycles. The lowest BCUT2D eigenvalue weighted by Crippen LogP contribution is -2.14. The number of halogens is 1. The van der Waals surface area contributed by atoms with Gasteiger partial charge in [-0.2, -0.15) is 0 Å². The first-order chi connectivity index (χ1) is 9.42. The molecule has 0 saturated carbocycles. The average Bonchev–Trinajstić information content (AvgIpc) is 2.40. The van der Waals surface area contributed by atoms with Crippen LogP contribution >= 0.6 is 0 Å². The molecule has 0 amide bonds. The number of nitrogens with one attached hydrogen (secondary N) is 1. The molecular weight excluding hydrogens is 283 g/mol. The molecule has 0 saturated heterocycles. The lowest BCUT2D eigenvalue weighted by Gasteiger charge is -2.11. The maximum absolute atomic E-state index is 12.8. The summed E-state index contributed by atoms with van der Waals surface area (Å²) in [5.41, 5.74) is 6.02. The van der Waals surface area contributed by atoms with Crippen LogP contribution in [0.15, 0.2) is 47.4 Å². The third-order valence-corrected chi connectivity index (χ3v) is 4.06. The highest BCUT2D eigenvalue weighted by Crippen LogP contribution is 2.25. The first-order valence-electron chi connectivity index (χ1n) is 5.64. The SMILES string of the molecule is COc1ccc(S(=O)(=O)Nc2ccc(F)cc2)c(N)c1. The van der Waals surface area contributed by atoms with Gasteiger partial charge < -0.3 is 10.5 Å². The van der Waals surface area contributed by atoms with Gasteiger partial charge in [0.15, 0.2) is 0 Å². The first kappa shape index (κ1) is 14.1. The molecule has 0 radical (unpaired) electrons. The predicted octanol–water partition coefficient (Wildman–Crippen LogP) is 2.22. The average molecular weight is 296 g/mol. The van der Waals surface area contributed by atoms with E-state index in [1.807, 2.05) is 0 Å². The summed E-state index contributed by atoms with van der Waals surface area (Å²) in [4.78, 5) is -0.0670. The smallest absolute Gasteiger partial charge is 0.263 e. The highest BCUT2D eigenvalue weighted by molar-refractivity contribution is 7.92. The zero-order valence-electron chi connectivity index (χ0n) is 10.6. The van der Waals surface area contributed by atoms with Crippen molar-refractivity contribution in [2.45, 2.75) is 4.90 Å². The molecule has 0 spiro atoms. The minimum atomic E-state index is -3.83. The Morgan fingerprint density at radius 2 is 1.80 bits per heavy atom. The number of benzene rings is 2. The van der Waals surface area contributed by atoms with E-state index in [4.69, 9.17) is 10.5 Å². The van der Waals surface area contributed by atoms with Crippen molar-refractivity contribution in [1.82, 2.24) is 0 Å². The molecule has 3 N–H and O–H groups in total. The molecule has 0 aliphatic carbocycles. The van der Waals surface area contributed by atoms with Crippen LogP contribution in [0.25, 0.3) is 0 Å². The summed E-state index contributed by atoms with van der Waals surface area (Å²) < 4.78 is 44.4. The molecule has 0 aliphatic rings. The Labute approximate surface area is 116 Å². The van der Waals surface area contributed by atoms with Crippen LogP contribution in [0, 0.1) is 5.82 Å². The lowest BCUT2D eigenvalue weighted by molar-refractivity contribution is 0.414. The minimum absolute atomic E-state index is 0.0670. The molecule has 0 bridgehead atoms. The van der Waals surface area contributed by atoms with Gasteiger partial charge in [-0.1, -0.05) is 0 Å². The van der Waals surface area contributed by atoms with Crippen molar-refractivity contribution in [1.29, 1.82) is 0 Å². The maximum Gasteiger partial charge on any atom is 0.263 e. The number of anilines is 2. The molecular formula is C13H13FN2O3S. The molecule has 7 heteroatoms. The van der Waals surface area contributed by atoms with Gasteiger partial charge in [-0.15, -0.1) is 0 Å². The summed E-state index contributed by atoms with van der Waals surface area (Å²) >= 11 is 0. The standard InChI is InChI=1S/C13H13FN2O3S/c1-19-11-6-7-13(12(15)8-11)20(17,18)16-10-4-2-9(14)3-5-10/h2-8,16H,15H2,1H3. The second-order valence-corrected chi connectivity index (χ2v) is 5.67. The van der Waals surface area contributed by atoms with E-state index in [1.165, 1.54) is 37.4 Å². The predicted molar refractivity (Wildman–Crippen MR) is 74.6 cm³/mol. The Balaban J connectivity index is 2.33. The fraction of sp³-hybridized carbons (Fsp3) is 0.0769. The summed E-state index contributed by atoms with van der Waals surface area (Å²) in [6.07, 6.45) is 0. The molecule has 106 valence electrons. The summed E-state index contributed by atoms with van der Waals surface area (Å²) in [5, 5.41) is 0. The van der Waals surface area contributed by atoms with Gasteiger partial charge in [0.25, 0.3) is 10.0 Å². The third-order valence-electron chi connectivity index (χ3n) is 2.60. The molecule has 0 atom stereocenters. The molecule has 20 heavy (non-hydrogen) atoms. The van der Waals surface area contributed by atoms with E-state index in [0.29, 0.717) is 5.75 Å². The summed E-state index contributed by atoms with van der Waals surface area (Å²) in [6, 6.07) is 9.23. The Morgan fingerprint density at radius 1 is 1.15 bits per heavy atom. The molecule has 0 aromatic heterocycles. The van der Waals surface area contributed by atoms with E-state index in [1.54, 1.807) is 0 Å². The van der Waals surface area contributed by atoms with Crippen molar-refractivity contribution in [3.8, 4) is 5.75 Å². The van der Waals surface area contributed by atoms with Crippen LogP contribution in [0.3, 0.4) is 0 Å². The molecule has 2 aromatic rings. The zero-order chi connectivity index (χ0) is 14.8. The van der Waals surface area contributed by atoms with E-state index < -0.39 is 15.8 Å². The van der Waals surface area contributed by atoms with Crippen LogP contribution < -0.4 is 15.2 Å². The van der Waals surface area contributed by atoms with E-state index in [2.05, 4.69) is 4.72 Å². The highest BCUT2D eigenvalue weighted by Gasteiger charge is 2.18. The first-order valence-corrected chi connectivity index (χ1v) is 7.12. The lowest BCUT2D eigenvalue weighted by atomic mass is 10.3. The van der Waals surface area contributed by atoms with Crippen molar-refractivity contribution in [2.75, 3.05) is 17.6 Å². The molecule has 0 fully saturated rings. The number of sulfonamides is 1. The van der Waals surface area contributed by atoms with Crippen molar-refractivity contribution in [2.24, 2.45) is 0 Å². The maximum atomic E-state index is 12.8. The second kappa shape index (κ2) is 5.38. The van der Waals surface area contributed by atoms with Crippen LogP contribution in [0.2, 0.25) is 0 Å². The van der Waals surface area contributed by atoms with Crippen molar-refractivity contribution >= 4 is 21.4 Å². The third kappa shape index (κ3) is 3.00. The molecule has 2 aromatic carbocycles. The van der Waals surface area contributed by atoms with Crippen LogP contribution in [-0.4, -0.2) is 15.5 Å². The minimum Gasteiger partial charge on any atom is -0.497 e. The van der Waals surface area contributed by atoms with Crippen molar-refractivity contribution < 1.29 is 17.5 Å². The molecule has 5 nitrogen and oxygen atoms in total. The Morgan fingerprint density at radius 3 is 2.35 bits per heavy atom. The Hall–Kier alpha value is -2.28. The quantitative estimate of drug-likeness (QED) is 0.848. The largest absolute Gasteiger partial charge is 0.497 e. The van der Waals surface area contributed by atoms with Gasteiger partial charge in [0.1, 0.15) is 16.5 Å². The van der Waals surface area contributed by atoms with Crippen LogP contribution in [0.4, 0.5) is 15.8 Å². The topological polar surface area (TPSA) is 81.4 Å². The molecule has 2 rings (SSSR count). The van der Waals surface area contributed by atoms with Crippen LogP contribution in [0.1, 0.15) is 0 Å². The monoisotopic (exact) mass is 296 g/mol. The number of methoxy groups -OCH3 is 1. The normalized spacial score (nSPS) is 11.1. The van der Waals surface area contributed by atoms with Gasteiger partial charge in [-0.3, -0.25) is 4.72 Å². The van der Waals surface area contributed by atoms with E-state index in [-0.39, 0.29) is 16.3 Å². The fourth-order valence-corrected chi connectivity index (χ4v) is 2.80. The number of hydrogen-bond acceptors (Lipinski definition) is 4. The van der Waals surface area contributed by atoms with Gasteiger partial charge in [0, 0.05) is 11.8 Å². The van der Waals surface area contributed by atoms with Crippen LogP contribution in [-0.2, 0) is 10.0 Å².